The molecule has 0 aliphatic carbocycles. The van der Waals surface area contributed by atoms with Gasteiger partial charge in [0.15, 0.2) is 0 Å². The van der Waals surface area contributed by atoms with Crippen LogP contribution in [0.25, 0.3) is 0 Å². The Morgan fingerprint density at radius 1 is 1.05 bits per heavy atom. The lowest BCUT2D eigenvalue weighted by Gasteiger charge is -2.25. The molecule has 108 valence electrons. The number of hydrogen-bond acceptors (Lipinski definition) is 3. The van der Waals surface area contributed by atoms with Crippen LogP contribution in [-0.2, 0) is 13.1 Å². The van der Waals surface area contributed by atoms with Gasteiger partial charge in [0.1, 0.15) is 0 Å². The molecule has 0 radical (unpaired) electrons. The van der Waals surface area contributed by atoms with E-state index in [0.717, 1.165) is 31.9 Å². The summed E-state index contributed by atoms with van der Waals surface area (Å²) in [6.07, 6.45) is 0. The molecular formula is C16H29N3. The van der Waals surface area contributed by atoms with E-state index >= 15 is 0 Å². The molecule has 0 unspecified atom stereocenters. The van der Waals surface area contributed by atoms with Gasteiger partial charge in [-0.1, -0.05) is 33.8 Å². The van der Waals surface area contributed by atoms with Crippen LogP contribution in [-0.4, -0.2) is 30.0 Å². The van der Waals surface area contributed by atoms with Crippen LogP contribution >= 0.6 is 0 Å². The van der Waals surface area contributed by atoms with Crippen molar-refractivity contribution in [2.45, 2.75) is 40.8 Å². The van der Waals surface area contributed by atoms with Crippen LogP contribution in [0.1, 0.15) is 39.1 Å². The van der Waals surface area contributed by atoms with E-state index in [0.29, 0.717) is 11.8 Å². The largest absolute Gasteiger partial charge is 0.314 e. The molecular weight excluding hydrogens is 234 g/mol. The van der Waals surface area contributed by atoms with E-state index < -0.39 is 0 Å². The minimum absolute atomic E-state index is 0.694. The molecule has 0 fully saturated rings. The van der Waals surface area contributed by atoms with E-state index in [1.165, 1.54) is 5.69 Å². The molecule has 0 aliphatic heterocycles. The van der Waals surface area contributed by atoms with E-state index in [1.807, 2.05) is 7.05 Å². The van der Waals surface area contributed by atoms with Gasteiger partial charge in [-0.2, -0.15) is 0 Å². The van der Waals surface area contributed by atoms with Crippen LogP contribution in [0.2, 0.25) is 0 Å². The molecule has 0 amide bonds. The maximum Gasteiger partial charge on any atom is 0.0547 e. The molecule has 0 atom stereocenters. The summed E-state index contributed by atoms with van der Waals surface area (Å²) in [6, 6.07) is 6.32. The summed E-state index contributed by atoms with van der Waals surface area (Å²) in [5.74, 6) is 1.39. The van der Waals surface area contributed by atoms with Gasteiger partial charge in [-0.3, -0.25) is 9.88 Å². The molecule has 3 nitrogen and oxygen atoms in total. The summed E-state index contributed by atoms with van der Waals surface area (Å²) >= 11 is 0. The van der Waals surface area contributed by atoms with Crippen molar-refractivity contribution in [1.82, 2.24) is 15.2 Å². The third kappa shape index (κ3) is 6.69. The van der Waals surface area contributed by atoms with Crippen molar-refractivity contribution in [3.05, 3.63) is 29.6 Å². The first-order chi connectivity index (χ1) is 9.01. The zero-order valence-corrected chi connectivity index (χ0v) is 13.1. The smallest absolute Gasteiger partial charge is 0.0547 e. The summed E-state index contributed by atoms with van der Waals surface area (Å²) < 4.78 is 0. The number of nitrogens with zero attached hydrogens (tertiary/aromatic N) is 2. The molecule has 0 saturated heterocycles. The average molecular weight is 263 g/mol. The first-order valence-electron chi connectivity index (χ1n) is 7.33. The normalized spacial score (nSPS) is 11.8. The topological polar surface area (TPSA) is 28.2 Å². The molecule has 1 heterocycles. The summed E-state index contributed by atoms with van der Waals surface area (Å²) in [7, 11) is 1.96. The molecule has 0 bridgehead atoms. The Kier molecular flexibility index (Phi) is 7.03. The van der Waals surface area contributed by atoms with Crippen LogP contribution in [0.5, 0.6) is 0 Å². The van der Waals surface area contributed by atoms with Gasteiger partial charge in [0.2, 0.25) is 0 Å². The van der Waals surface area contributed by atoms with Gasteiger partial charge in [0, 0.05) is 26.2 Å². The molecule has 1 aromatic rings. The van der Waals surface area contributed by atoms with E-state index in [-0.39, 0.29) is 0 Å². The van der Waals surface area contributed by atoms with Gasteiger partial charge in [-0.05, 0) is 31.0 Å². The zero-order valence-electron chi connectivity index (χ0n) is 13.1. The lowest BCUT2D eigenvalue weighted by molar-refractivity contribution is 0.209. The highest BCUT2D eigenvalue weighted by Crippen LogP contribution is 2.09. The lowest BCUT2D eigenvalue weighted by Crippen LogP contribution is -2.31. The number of rotatable bonds is 8. The Balaban J connectivity index is 2.68. The Morgan fingerprint density at radius 3 is 2.16 bits per heavy atom. The van der Waals surface area contributed by atoms with Crippen LogP contribution < -0.4 is 5.32 Å². The van der Waals surface area contributed by atoms with Gasteiger partial charge in [0.25, 0.3) is 0 Å². The number of hydrogen-bond donors (Lipinski definition) is 1. The van der Waals surface area contributed by atoms with E-state index in [9.17, 15) is 0 Å². The van der Waals surface area contributed by atoms with E-state index in [1.54, 1.807) is 0 Å². The fraction of sp³-hybridized carbons (Fsp3) is 0.688. The average Bonchev–Trinajstić information content (AvgIpc) is 2.27. The number of nitrogens with one attached hydrogen (secondary N) is 1. The second-order valence-corrected chi connectivity index (χ2v) is 6.13. The van der Waals surface area contributed by atoms with Gasteiger partial charge >= 0.3 is 0 Å². The molecule has 1 rings (SSSR count). The van der Waals surface area contributed by atoms with E-state index in [2.05, 4.69) is 56.1 Å². The first-order valence-corrected chi connectivity index (χ1v) is 7.33. The zero-order chi connectivity index (χ0) is 14.3. The van der Waals surface area contributed by atoms with Crippen LogP contribution in [0.3, 0.4) is 0 Å². The second kappa shape index (κ2) is 8.28. The van der Waals surface area contributed by atoms with E-state index in [4.69, 9.17) is 4.98 Å². The third-order valence-corrected chi connectivity index (χ3v) is 2.85. The molecule has 19 heavy (non-hydrogen) atoms. The van der Waals surface area contributed by atoms with Crippen molar-refractivity contribution in [2.75, 3.05) is 20.1 Å². The summed E-state index contributed by atoms with van der Waals surface area (Å²) in [6.45, 7) is 13.2. The van der Waals surface area contributed by atoms with Crippen LogP contribution in [0, 0.1) is 11.8 Å². The van der Waals surface area contributed by atoms with Crippen molar-refractivity contribution < 1.29 is 0 Å². The number of pyridine rings is 1. The van der Waals surface area contributed by atoms with Crippen LogP contribution in [0.4, 0.5) is 0 Å². The molecule has 1 aromatic heterocycles. The molecule has 0 saturated carbocycles. The van der Waals surface area contributed by atoms with Gasteiger partial charge in [-0.25, -0.2) is 0 Å². The molecule has 0 aromatic carbocycles. The highest BCUT2D eigenvalue weighted by Gasteiger charge is 2.11. The maximum atomic E-state index is 4.71. The van der Waals surface area contributed by atoms with Crippen molar-refractivity contribution in [3.63, 3.8) is 0 Å². The predicted octanol–water partition coefficient (Wildman–Crippen LogP) is 2.92. The molecule has 1 N–H and O–H groups in total. The summed E-state index contributed by atoms with van der Waals surface area (Å²) in [5, 5.41) is 3.15. The summed E-state index contributed by atoms with van der Waals surface area (Å²) in [5.41, 5.74) is 2.29. The minimum atomic E-state index is 0.694. The predicted molar refractivity (Wildman–Crippen MR) is 82.0 cm³/mol. The summed E-state index contributed by atoms with van der Waals surface area (Å²) in [4.78, 5) is 7.23. The highest BCUT2D eigenvalue weighted by atomic mass is 15.1. The fourth-order valence-corrected chi connectivity index (χ4v) is 2.36. The molecule has 0 spiro atoms. The van der Waals surface area contributed by atoms with Crippen molar-refractivity contribution >= 4 is 0 Å². The molecule has 3 heteroatoms. The Morgan fingerprint density at radius 2 is 1.63 bits per heavy atom. The monoisotopic (exact) mass is 263 g/mol. The number of aromatic nitrogens is 1. The maximum absolute atomic E-state index is 4.71. The minimum Gasteiger partial charge on any atom is -0.314 e. The van der Waals surface area contributed by atoms with Crippen molar-refractivity contribution in [3.8, 4) is 0 Å². The third-order valence-electron chi connectivity index (χ3n) is 2.85. The second-order valence-electron chi connectivity index (χ2n) is 6.13. The van der Waals surface area contributed by atoms with Crippen molar-refractivity contribution in [1.29, 1.82) is 0 Å². The van der Waals surface area contributed by atoms with Gasteiger partial charge in [0.05, 0.1) is 11.4 Å². The first kappa shape index (κ1) is 16.1. The Labute approximate surface area is 118 Å². The lowest BCUT2D eigenvalue weighted by atomic mass is 10.1. The van der Waals surface area contributed by atoms with Crippen molar-refractivity contribution in [2.24, 2.45) is 11.8 Å². The van der Waals surface area contributed by atoms with Gasteiger partial charge in [-0.15, -0.1) is 0 Å². The SMILES string of the molecule is CNCc1cccc(CN(CC(C)C)CC(C)C)n1. The highest BCUT2D eigenvalue weighted by molar-refractivity contribution is 5.11. The molecule has 0 aliphatic rings. The van der Waals surface area contributed by atoms with Gasteiger partial charge < -0.3 is 5.32 Å². The quantitative estimate of drug-likeness (QED) is 0.781. The fourth-order valence-electron chi connectivity index (χ4n) is 2.36. The standard InChI is InChI=1S/C16H29N3/c1-13(2)10-19(11-14(3)4)12-16-8-6-7-15(18-16)9-17-5/h6-8,13-14,17H,9-12H2,1-5H3. The Bertz CT molecular complexity index is 351. The van der Waals surface area contributed by atoms with Crippen LogP contribution in [0.15, 0.2) is 18.2 Å². The Hall–Kier alpha value is -0.930.